The molecule has 0 bridgehead atoms. The fraction of sp³-hybridized carbons (Fsp3) is 0.133. The minimum absolute atomic E-state index is 0.451. The number of nitrogens with zero attached hydrogens (tertiary/aromatic N) is 1. The maximum atomic E-state index is 12.5. The van der Waals surface area contributed by atoms with E-state index in [1.54, 1.807) is 36.4 Å². The summed E-state index contributed by atoms with van der Waals surface area (Å²) in [5, 5.41) is 12.2. The highest BCUT2D eigenvalue weighted by Gasteiger charge is 2.11. The van der Waals surface area contributed by atoms with E-state index in [1.165, 1.54) is 0 Å². The minimum atomic E-state index is -2.48. The van der Waals surface area contributed by atoms with Crippen LogP contribution < -0.4 is 5.32 Å². The summed E-state index contributed by atoms with van der Waals surface area (Å²) in [6, 6.07) is 14.3. The molecule has 2 aromatic rings. The normalized spacial score (nSPS) is 10.3. The van der Waals surface area contributed by atoms with E-state index in [2.05, 4.69) is 11.4 Å². The Labute approximate surface area is 120 Å². The zero-order valence-electron chi connectivity index (χ0n) is 10.7. The van der Waals surface area contributed by atoms with Crippen molar-refractivity contribution in [1.29, 1.82) is 5.26 Å². The first kappa shape index (κ1) is 14.4. The number of benzene rings is 2. The van der Waals surface area contributed by atoms with Crippen molar-refractivity contribution in [2.24, 2.45) is 0 Å². The van der Waals surface area contributed by atoms with Crippen LogP contribution in [0.1, 0.15) is 11.1 Å². The van der Waals surface area contributed by atoms with E-state index in [-0.39, 0.29) is 0 Å². The van der Waals surface area contributed by atoms with Crippen LogP contribution in [-0.2, 0) is 0 Å². The zero-order chi connectivity index (χ0) is 14.5. The molecule has 20 heavy (non-hydrogen) atoms. The molecule has 0 unspecified atom stereocenters. The number of aryl methyl sites for hydroxylation is 1. The Balaban J connectivity index is 2.33. The number of nitrogens with one attached hydrogen (secondary N) is 1. The van der Waals surface area contributed by atoms with Crippen molar-refractivity contribution < 1.29 is 8.78 Å². The Kier molecular flexibility index (Phi) is 4.59. The van der Waals surface area contributed by atoms with Gasteiger partial charge in [-0.25, -0.2) is 0 Å². The summed E-state index contributed by atoms with van der Waals surface area (Å²) >= 11 is 0.482. The van der Waals surface area contributed by atoms with Crippen molar-refractivity contribution in [2.75, 3.05) is 5.32 Å². The monoisotopic (exact) mass is 290 g/mol. The molecule has 5 heteroatoms. The molecule has 0 atom stereocenters. The third-order valence-corrected chi connectivity index (χ3v) is 3.46. The molecule has 2 aromatic carbocycles. The number of halogens is 2. The van der Waals surface area contributed by atoms with Crippen LogP contribution >= 0.6 is 11.8 Å². The van der Waals surface area contributed by atoms with Crippen LogP contribution in [-0.4, -0.2) is 5.76 Å². The van der Waals surface area contributed by atoms with Crippen molar-refractivity contribution in [2.45, 2.75) is 17.6 Å². The molecular formula is C15H12F2N2S. The molecule has 1 N–H and O–H groups in total. The predicted octanol–water partition coefficient (Wildman–Crippen LogP) is 4.93. The number of hydrogen-bond donors (Lipinski definition) is 1. The van der Waals surface area contributed by atoms with E-state index in [4.69, 9.17) is 5.26 Å². The Morgan fingerprint density at radius 1 is 1.15 bits per heavy atom. The van der Waals surface area contributed by atoms with Gasteiger partial charge in [0.15, 0.2) is 0 Å². The van der Waals surface area contributed by atoms with Crippen molar-refractivity contribution in [3.8, 4) is 6.07 Å². The zero-order valence-corrected chi connectivity index (χ0v) is 11.5. The Morgan fingerprint density at radius 2 is 1.90 bits per heavy atom. The Bertz CT molecular complexity index is 651. The van der Waals surface area contributed by atoms with Crippen LogP contribution in [0.3, 0.4) is 0 Å². The van der Waals surface area contributed by atoms with Gasteiger partial charge >= 0.3 is 0 Å². The first-order valence-electron chi connectivity index (χ1n) is 5.92. The summed E-state index contributed by atoms with van der Waals surface area (Å²) in [5.41, 5.74) is 2.64. The Hall–Kier alpha value is -2.06. The summed E-state index contributed by atoms with van der Waals surface area (Å²) in [6.07, 6.45) is 0. The van der Waals surface area contributed by atoms with E-state index in [0.29, 0.717) is 33.6 Å². The van der Waals surface area contributed by atoms with Crippen LogP contribution in [0.4, 0.5) is 20.2 Å². The van der Waals surface area contributed by atoms with Crippen molar-refractivity contribution in [3.63, 3.8) is 0 Å². The molecule has 0 aromatic heterocycles. The second-order valence-electron chi connectivity index (χ2n) is 4.16. The molecule has 0 spiro atoms. The average Bonchev–Trinajstić information content (AvgIpc) is 2.42. The fourth-order valence-electron chi connectivity index (χ4n) is 1.77. The van der Waals surface area contributed by atoms with Gasteiger partial charge in [0, 0.05) is 4.90 Å². The highest BCUT2D eigenvalue weighted by Crippen LogP contribution is 2.34. The lowest BCUT2D eigenvalue weighted by Crippen LogP contribution is -1.96. The van der Waals surface area contributed by atoms with Crippen LogP contribution in [0.25, 0.3) is 0 Å². The van der Waals surface area contributed by atoms with Crippen molar-refractivity contribution in [3.05, 3.63) is 53.6 Å². The second kappa shape index (κ2) is 6.40. The molecule has 2 nitrogen and oxygen atoms in total. The number of rotatable bonds is 4. The molecule has 0 fully saturated rings. The van der Waals surface area contributed by atoms with Gasteiger partial charge in [-0.3, -0.25) is 0 Å². The molecule has 0 saturated heterocycles. The standard InChI is InChI=1S/C15H12F2N2S/c1-10-6-7-12(11(8-10)9-18)19-13-4-2-3-5-14(13)20-15(16)17/h2-8,15,19H,1H3. The molecule has 0 radical (unpaired) electrons. The first-order chi connectivity index (χ1) is 9.60. The van der Waals surface area contributed by atoms with E-state index < -0.39 is 5.76 Å². The number of hydrogen-bond acceptors (Lipinski definition) is 3. The average molecular weight is 290 g/mol. The van der Waals surface area contributed by atoms with Crippen molar-refractivity contribution >= 4 is 23.1 Å². The van der Waals surface area contributed by atoms with Crippen LogP contribution in [0.5, 0.6) is 0 Å². The lowest BCUT2D eigenvalue weighted by Gasteiger charge is -2.12. The van der Waals surface area contributed by atoms with Gasteiger partial charge in [0.25, 0.3) is 5.76 Å². The van der Waals surface area contributed by atoms with Gasteiger partial charge in [-0.2, -0.15) is 14.0 Å². The lowest BCUT2D eigenvalue weighted by atomic mass is 10.1. The van der Waals surface area contributed by atoms with Gasteiger partial charge in [0.1, 0.15) is 6.07 Å². The van der Waals surface area contributed by atoms with Crippen LogP contribution in [0, 0.1) is 18.3 Å². The van der Waals surface area contributed by atoms with E-state index >= 15 is 0 Å². The van der Waals surface area contributed by atoms with Gasteiger partial charge in [0.05, 0.1) is 16.9 Å². The first-order valence-corrected chi connectivity index (χ1v) is 6.79. The molecular weight excluding hydrogens is 278 g/mol. The summed E-state index contributed by atoms with van der Waals surface area (Å²) in [7, 11) is 0. The number of anilines is 2. The lowest BCUT2D eigenvalue weighted by molar-refractivity contribution is 0.252. The summed E-state index contributed by atoms with van der Waals surface area (Å²) in [5.74, 6) is -2.48. The van der Waals surface area contributed by atoms with Gasteiger partial charge in [0.2, 0.25) is 0 Å². The second-order valence-corrected chi connectivity index (χ2v) is 5.19. The van der Waals surface area contributed by atoms with E-state index in [1.807, 2.05) is 13.0 Å². The molecule has 0 aliphatic rings. The molecule has 0 heterocycles. The highest BCUT2D eigenvalue weighted by atomic mass is 32.2. The van der Waals surface area contributed by atoms with Gasteiger partial charge in [-0.15, -0.1) is 0 Å². The largest absolute Gasteiger partial charge is 0.354 e. The highest BCUT2D eigenvalue weighted by molar-refractivity contribution is 7.99. The number of para-hydroxylation sites is 1. The Morgan fingerprint density at radius 3 is 2.60 bits per heavy atom. The molecule has 0 aliphatic carbocycles. The number of alkyl halides is 2. The molecule has 102 valence electrons. The number of nitriles is 1. The topological polar surface area (TPSA) is 35.8 Å². The SMILES string of the molecule is Cc1ccc(Nc2ccccc2SC(F)F)c(C#N)c1. The van der Waals surface area contributed by atoms with Gasteiger partial charge < -0.3 is 5.32 Å². The number of thioether (sulfide) groups is 1. The van der Waals surface area contributed by atoms with Gasteiger partial charge in [-0.05, 0) is 36.8 Å². The maximum Gasteiger partial charge on any atom is 0.288 e. The molecule has 2 rings (SSSR count). The summed E-state index contributed by atoms with van der Waals surface area (Å²) in [4.78, 5) is 0.451. The predicted molar refractivity (Wildman–Crippen MR) is 77.5 cm³/mol. The van der Waals surface area contributed by atoms with Crippen LogP contribution in [0.15, 0.2) is 47.4 Å². The third-order valence-electron chi connectivity index (χ3n) is 2.67. The summed E-state index contributed by atoms with van der Waals surface area (Å²) in [6.45, 7) is 1.89. The smallest absolute Gasteiger partial charge is 0.288 e. The maximum absolute atomic E-state index is 12.5. The minimum Gasteiger partial charge on any atom is -0.354 e. The quantitative estimate of drug-likeness (QED) is 0.811. The third kappa shape index (κ3) is 3.49. The molecule has 0 amide bonds. The van der Waals surface area contributed by atoms with Gasteiger partial charge in [-0.1, -0.05) is 30.0 Å². The van der Waals surface area contributed by atoms with Crippen LogP contribution in [0.2, 0.25) is 0 Å². The molecule has 0 aliphatic heterocycles. The van der Waals surface area contributed by atoms with E-state index in [9.17, 15) is 8.78 Å². The summed E-state index contributed by atoms with van der Waals surface area (Å²) < 4.78 is 25.0. The van der Waals surface area contributed by atoms with Crippen molar-refractivity contribution in [1.82, 2.24) is 0 Å². The van der Waals surface area contributed by atoms with E-state index in [0.717, 1.165) is 5.56 Å². The fourth-order valence-corrected chi connectivity index (χ4v) is 2.37. The molecule has 0 saturated carbocycles.